The van der Waals surface area contributed by atoms with E-state index in [9.17, 15) is 13.2 Å². The zero-order chi connectivity index (χ0) is 17.9. The first kappa shape index (κ1) is 17.4. The number of carbonyl (C=O) groups is 1. The Morgan fingerprint density at radius 2 is 1.88 bits per heavy atom. The molecule has 1 N–H and O–H groups in total. The second-order valence-electron chi connectivity index (χ2n) is 5.85. The maximum atomic E-state index is 12.8. The summed E-state index contributed by atoms with van der Waals surface area (Å²) in [5.74, 6) is -0.116. The van der Waals surface area contributed by atoms with Gasteiger partial charge in [-0.05, 0) is 48.7 Å². The Labute approximate surface area is 148 Å². The lowest BCUT2D eigenvalue weighted by atomic mass is 10.0. The molecular weight excluding hydrogens is 336 g/mol. The predicted octanol–water partition coefficient (Wildman–Crippen LogP) is 2.74. The van der Waals surface area contributed by atoms with E-state index < -0.39 is 10.0 Å². The summed E-state index contributed by atoms with van der Waals surface area (Å²) in [5.41, 5.74) is 2.57. The van der Waals surface area contributed by atoms with Crippen LogP contribution in [0.2, 0.25) is 0 Å². The Balaban J connectivity index is 1.84. The van der Waals surface area contributed by atoms with Crippen LogP contribution in [0.25, 0.3) is 0 Å². The van der Waals surface area contributed by atoms with E-state index in [1.54, 1.807) is 17.0 Å². The van der Waals surface area contributed by atoms with Crippen molar-refractivity contribution in [3.8, 4) is 0 Å². The minimum absolute atomic E-state index is 0.116. The van der Waals surface area contributed by atoms with Gasteiger partial charge in [-0.25, -0.2) is 13.1 Å². The Morgan fingerprint density at radius 3 is 2.60 bits per heavy atom. The Bertz CT molecular complexity index is 889. The molecule has 0 aliphatic carbocycles. The van der Waals surface area contributed by atoms with Crippen molar-refractivity contribution in [2.75, 3.05) is 18.0 Å². The fourth-order valence-electron chi connectivity index (χ4n) is 2.93. The van der Waals surface area contributed by atoms with Crippen LogP contribution in [0.1, 0.15) is 22.3 Å². The summed E-state index contributed by atoms with van der Waals surface area (Å²) in [7, 11) is -3.58. The first-order valence-electron chi connectivity index (χ1n) is 8.13. The first-order chi connectivity index (χ1) is 12.0. The van der Waals surface area contributed by atoms with Gasteiger partial charge in [0.1, 0.15) is 0 Å². The van der Waals surface area contributed by atoms with E-state index in [0.717, 1.165) is 24.1 Å². The van der Waals surface area contributed by atoms with E-state index in [0.29, 0.717) is 12.1 Å². The number of nitrogens with one attached hydrogen (secondary N) is 1. The fourth-order valence-corrected chi connectivity index (χ4v) is 3.93. The first-order valence-corrected chi connectivity index (χ1v) is 9.61. The molecule has 0 fully saturated rings. The molecule has 1 aliphatic heterocycles. The standard InChI is InChI=1S/C19H20N2O3S/c1-2-13-20-25(23,24)17-11-9-16(10-12-17)19(22)21-14-5-7-15-6-3-4-8-18(15)21/h2-4,6,8-12,20H,1,5,7,13-14H2. The molecule has 5 nitrogen and oxygen atoms in total. The summed E-state index contributed by atoms with van der Waals surface area (Å²) < 4.78 is 26.6. The quantitative estimate of drug-likeness (QED) is 0.838. The lowest BCUT2D eigenvalue weighted by Crippen LogP contribution is -2.35. The van der Waals surface area contributed by atoms with Crippen LogP contribution in [0.3, 0.4) is 0 Å². The van der Waals surface area contributed by atoms with Gasteiger partial charge in [0, 0.05) is 24.3 Å². The van der Waals surface area contributed by atoms with Crippen molar-refractivity contribution < 1.29 is 13.2 Å². The third-order valence-corrected chi connectivity index (χ3v) is 5.62. The number of hydrogen-bond acceptors (Lipinski definition) is 3. The molecule has 0 saturated heterocycles. The molecule has 0 spiro atoms. The molecule has 0 unspecified atom stereocenters. The van der Waals surface area contributed by atoms with E-state index in [1.807, 2.05) is 24.3 Å². The molecule has 1 heterocycles. The van der Waals surface area contributed by atoms with Gasteiger partial charge in [-0.3, -0.25) is 4.79 Å². The molecule has 0 aromatic heterocycles. The van der Waals surface area contributed by atoms with Crippen molar-refractivity contribution in [1.82, 2.24) is 4.72 Å². The van der Waals surface area contributed by atoms with Crippen LogP contribution in [-0.4, -0.2) is 27.4 Å². The molecule has 6 heteroatoms. The van der Waals surface area contributed by atoms with Crippen LogP contribution in [0.15, 0.2) is 66.1 Å². The number of para-hydroxylation sites is 1. The smallest absolute Gasteiger partial charge is 0.258 e. The Morgan fingerprint density at radius 1 is 1.16 bits per heavy atom. The summed E-state index contributed by atoms with van der Waals surface area (Å²) in [5, 5.41) is 0. The SMILES string of the molecule is C=CCNS(=O)(=O)c1ccc(C(=O)N2CCCc3ccccc32)cc1. The van der Waals surface area contributed by atoms with Crippen molar-refractivity contribution in [3.05, 3.63) is 72.3 Å². The molecule has 3 rings (SSSR count). The van der Waals surface area contributed by atoms with E-state index in [2.05, 4.69) is 11.3 Å². The molecule has 2 aromatic carbocycles. The van der Waals surface area contributed by atoms with E-state index in [1.165, 1.54) is 18.2 Å². The Hall–Kier alpha value is -2.44. The molecule has 0 radical (unpaired) electrons. The number of rotatable bonds is 5. The van der Waals surface area contributed by atoms with Gasteiger partial charge < -0.3 is 4.90 Å². The highest BCUT2D eigenvalue weighted by molar-refractivity contribution is 7.89. The zero-order valence-electron chi connectivity index (χ0n) is 13.8. The molecular formula is C19H20N2O3S. The number of carbonyl (C=O) groups excluding carboxylic acids is 1. The monoisotopic (exact) mass is 356 g/mol. The minimum atomic E-state index is -3.58. The normalized spacial score (nSPS) is 14.0. The number of anilines is 1. The average molecular weight is 356 g/mol. The summed E-state index contributed by atoms with van der Waals surface area (Å²) in [4.78, 5) is 14.7. The number of amides is 1. The second-order valence-corrected chi connectivity index (χ2v) is 7.62. The summed E-state index contributed by atoms with van der Waals surface area (Å²) in [6.07, 6.45) is 3.36. The van der Waals surface area contributed by atoms with Gasteiger partial charge in [-0.15, -0.1) is 6.58 Å². The zero-order valence-corrected chi connectivity index (χ0v) is 14.6. The minimum Gasteiger partial charge on any atom is -0.308 e. The van der Waals surface area contributed by atoms with Crippen molar-refractivity contribution in [1.29, 1.82) is 0 Å². The van der Waals surface area contributed by atoms with Crippen LogP contribution in [-0.2, 0) is 16.4 Å². The number of fused-ring (bicyclic) bond motifs is 1. The van der Waals surface area contributed by atoms with Crippen molar-refractivity contribution >= 4 is 21.6 Å². The van der Waals surface area contributed by atoms with Gasteiger partial charge in [0.25, 0.3) is 5.91 Å². The van der Waals surface area contributed by atoms with Crippen LogP contribution in [0, 0.1) is 0 Å². The maximum absolute atomic E-state index is 12.8. The van der Waals surface area contributed by atoms with Gasteiger partial charge >= 0.3 is 0 Å². The largest absolute Gasteiger partial charge is 0.308 e. The number of sulfonamides is 1. The van der Waals surface area contributed by atoms with Gasteiger partial charge in [-0.2, -0.15) is 0 Å². The van der Waals surface area contributed by atoms with Crippen molar-refractivity contribution in [2.45, 2.75) is 17.7 Å². The van der Waals surface area contributed by atoms with Crippen LogP contribution >= 0.6 is 0 Å². The van der Waals surface area contributed by atoms with Gasteiger partial charge in [0.15, 0.2) is 0 Å². The third-order valence-electron chi connectivity index (χ3n) is 4.18. The van der Waals surface area contributed by atoms with E-state index in [-0.39, 0.29) is 17.3 Å². The number of hydrogen-bond donors (Lipinski definition) is 1. The van der Waals surface area contributed by atoms with Crippen LogP contribution in [0.4, 0.5) is 5.69 Å². The average Bonchev–Trinajstić information content (AvgIpc) is 2.65. The lowest BCUT2D eigenvalue weighted by molar-refractivity contribution is 0.0985. The lowest BCUT2D eigenvalue weighted by Gasteiger charge is -2.29. The number of aryl methyl sites for hydroxylation is 1. The molecule has 0 saturated carbocycles. The van der Waals surface area contributed by atoms with Crippen molar-refractivity contribution in [2.24, 2.45) is 0 Å². The third kappa shape index (κ3) is 3.65. The highest BCUT2D eigenvalue weighted by atomic mass is 32.2. The molecule has 130 valence electrons. The Kier molecular flexibility index (Phi) is 5.01. The van der Waals surface area contributed by atoms with Gasteiger partial charge in [0.2, 0.25) is 10.0 Å². The maximum Gasteiger partial charge on any atom is 0.258 e. The summed E-state index contributed by atoms with van der Waals surface area (Å²) in [6.45, 7) is 4.31. The van der Waals surface area contributed by atoms with Crippen LogP contribution in [0.5, 0.6) is 0 Å². The second kappa shape index (κ2) is 7.21. The summed E-state index contributed by atoms with van der Waals surface area (Å²) in [6, 6.07) is 13.9. The predicted molar refractivity (Wildman–Crippen MR) is 98.3 cm³/mol. The highest BCUT2D eigenvalue weighted by Crippen LogP contribution is 2.28. The van der Waals surface area contributed by atoms with E-state index >= 15 is 0 Å². The summed E-state index contributed by atoms with van der Waals surface area (Å²) >= 11 is 0. The molecule has 1 aliphatic rings. The highest BCUT2D eigenvalue weighted by Gasteiger charge is 2.23. The van der Waals surface area contributed by atoms with Crippen molar-refractivity contribution in [3.63, 3.8) is 0 Å². The van der Waals surface area contributed by atoms with E-state index in [4.69, 9.17) is 0 Å². The molecule has 0 bridgehead atoms. The van der Waals surface area contributed by atoms with Crippen LogP contribution < -0.4 is 9.62 Å². The molecule has 2 aromatic rings. The molecule has 25 heavy (non-hydrogen) atoms. The van der Waals surface area contributed by atoms with Gasteiger partial charge in [-0.1, -0.05) is 24.3 Å². The van der Waals surface area contributed by atoms with Gasteiger partial charge in [0.05, 0.1) is 4.90 Å². The molecule has 0 atom stereocenters. The number of benzene rings is 2. The topological polar surface area (TPSA) is 66.5 Å². The number of nitrogens with zero attached hydrogens (tertiary/aromatic N) is 1. The molecule has 1 amide bonds. The fraction of sp³-hybridized carbons (Fsp3) is 0.211.